The van der Waals surface area contributed by atoms with Crippen molar-refractivity contribution in [3.05, 3.63) is 23.5 Å². The van der Waals surface area contributed by atoms with Crippen LogP contribution in [0.15, 0.2) is 12.1 Å². The highest BCUT2D eigenvalue weighted by molar-refractivity contribution is 5.66. The molecule has 0 amide bonds. The number of hydrogen-bond donors (Lipinski definition) is 2. The summed E-state index contributed by atoms with van der Waals surface area (Å²) in [6.45, 7) is 1.95. The zero-order valence-corrected chi connectivity index (χ0v) is 6.42. The van der Waals surface area contributed by atoms with Crippen LogP contribution in [0.5, 0.6) is 0 Å². The SMILES string of the molecule is Cc1ccc(CCC(=O)O)[nH]1. The van der Waals surface area contributed by atoms with Crippen molar-refractivity contribution in [3.8, 4) is 0 Å². The van der Waals surface area contributed by atoms with E-state index in [4.69, 9.17) is 5.11 Å². The summed E-state index contributed by atoms with van der Waals surface area (Å²) in [4.78, 5) is 13.2. The summed E-state index contributed by atoms with van der Waals surface area (Å²) in [6, 6.07) is 3.86. The molecule has 0 unspecified atom stereocenters. The average molecular weight is 153 g/mol. The van der Waals surface area contributed by atoms with Crippen LogP contribution in [-0.2, 0) is 11.2 Å². The number of carbonyl (C=O) groups is 1. The quantitative estimate of drug-likeness (QED) is 0.688. The normalized spacial score (nSPS) is 9.91. The first-order valence-electron chi connectivity index (χ1n) is 3.55. The van der Waals surface area contributed by atoms with Gasteiger partial charge in [0.05, 0.1) is 6.42 Å². The van der Waals surface area contributed by atoms with Crippen molar-refractivity contribution in [2.75, 3.05) is 0 Å². The molecule has 1 aromatic heterocycles. The van der Waals surface area contributed by atoms with Gasteiger partial charge in [-0.05, 0) is 25.5 Å². The highest BCUT2D eigenvalue weighted by Crippen LogP contribution is 2.02. The van der Waals surface area contributed by atoms with Crippen LogP contribution >= 0.6 is 0 Å². The Hall–Kier alpha value is -1.25. The number of nitrogens with one attached hydrogen (secondary N) is 1. The predicted octanol–water partition coefficient (Wildman–Crippen LogP) is 1.34. The Kier molecular flexibility index (Phi) is 2.31. The minimum absolute atomic E-state index is 0.194. The number of aromatic nitrogens is 1. The molecular weight excluding hydrogens is 142 g/mol. The summed E-state index contributed by atoms with van der Waals surface area (Å²) in [5, 5.41) is 8.37. The van der Waals surface area contributed by atoms with Crippen LogP contribution in [0.25, 0.3) is 0 Å². The van der Waals surface area contributed by atoms with Gasteiger partial charge < -0.3 is 10.1 Å². The second-order valence-corrected chi connectivity index (χ2v) is 2.56. The second kappa shape index (κ2) is 3.23. The van der Waals surface area contributed by atoms with E-state index in [-0.39, 0.29) is 6.42 Å². The Balaban J connectivity index is 2.45. The third-order valence-electron chi connectivity index (χ3n) is 1.50. The van der Waals surface area contributed by atoms with Gasteiger partial charge in [0.2, 0.25) is 0 Å². The first kappa shape index (κ1) is 7.85. The Morgan fingerprint density at radius 2 is 2.36 bits per heavy atom. The number of aryl methyl sites for hydroxylation is 2. The lowest BCUT2D eigenvalue weighted by molar-refractivity contribution is -0.136. The molecule has 2 N–H and O–H groups in total. The van der Waals surface area contributed by atoms with Gasteiger partial charge in [0.15, 0.2) is 0 Å². The number of carboxylic acids is 1. The topological polar surface area (TPSA) is 53.1 Å². The van der Waals surface area contributed by atoms with Crippen LogP contribution in [0.2, 0.25) is 0 Å². The lowest BCUT2D eigenvalue weighted by Gasteiger charge is -1.92. The molecule has 1 rings (SSSR count). The summed E-state index contributed by atoms with van der Waals surface area (Å²) in [6.07, 6.45) is 0.781. The first-order chi connectivity index (χ1) is 5.18. The van der Waals surface area contributed by atoms with Gasteiger partial charge in [-0.3, -0.25) is 4.79 Å². The molecule has 0 saturated heterocycles. The van der Waals surface area contributed by atoms with Crippen molar-refractivity contribution in [2.45, 2.75) is 19.8 Å². The molecule has 1 heterocycles. The molecule has 0 aliphatic rings. The standard InChI is InChI=1S/C8H11NO2/c1-6-2-3-7(9-6)4-5-8(10)11/h2-3,9H,4-5H2,1H3,(H,10,11). The van der Waals surface area contributed by atoms with E-state index in [0.717, 1.165) is 11.4 Å². The van der Waals surface area contributed by atoms with Crippen LogP contribution in [-0.4, -0.2) is 16.1 Å². The maximum Gasteiger partial charge on any atom is 0.303 e. The Bertz CT molecular complexity index is 252. The maximum absolute atomic E-state index is 10.2. The Morgan fingerprint density at radius 1 is 1.64 bits per heavy atom. The lowest BCUT2D eigenvalue weighted by Crippen LogP contribution is -1.97. The fourth-order valence-corrected chi connectivity index (χ4v) is 0.950. The Labute approximate surface area is 65.1 Å². The summed E-state index contributed by atoms with van der Waals surface area (Å²) >= 11 is 0. The molecule has 0 bridgehead atoms. The van der Waals surface area contributed by atoms with Gasteiger partial charge in [-0.1, -0.05) is 0 Å². The van der Waals surface area contributed by atoms with E-state index in [1.54, 1.807) is 0 Å². The van der Waals surface area contributed by atoms with Crippen molar-refractivity contribution in [2.24, 2.45) is 0 Å². The zero-order valence-electron chi connectivity index (χ0n) is 6.42. The lowest BCUT2D eigenvalue weighted by atomic mass is 10.2. The number of aromatic amines is 1. The minimum Gasteiger partial charge on any atom is -0.481 e. The van der Waals surface area contributed by atoms with E-state index in [0.29, 0.717) is 6.42 Å². The zero-order chi connectivity index (χ0) is 8.27. The third-order valence-corrected chi connectivity index (χ3v) is 1.50. The fraction of sp³-hybridized carbons (Fsp3) is 0.375. The minimum atomic E-state index is -0.753. The number of H-pyrrole nitrogens is 1. The van der Waals surface area contributed by atoms with Crippen LogP contribution in [0, 0.1) is 6.92 Å². The van der Waals surface area contributed by atoms with Crippen molar-refractivity contribution in [1.29, 1.82) is 0 Å². The van der Waals surface area contributed by atoms with E-state index in [2.05, 4.69) is 4.98 Å². The highest BCUT2D eigenvalue weighted by Gasteiger charge is 1.99. The van der Waals surface area contributed by atoms with E-state index in [1.165, 1.54) is 0 Å². The molecule has 0 aliphatic carbocycles. The van der Waals surface area contributed by atoms with Crippen molar-refractivity contribution < 1.29 is 9.90 Å². The van der Waals surface area contributed by atoms with E-state index in [1.807, 2.05) is 19.1 Å². The highest BCUT2D eigenvalue weighted by atomic mass is 16.4. The van der Waals surface area contributed by atoms with Crippen molar-refractivity contribution in [3.63, 3.8) is 0 Å². The number of hydrogen-bond acceptors (Lipinski definition) is 1. The monoisotopic (exact) mass is 153 g/mol. The van der Waals surface area contributed by atoms with E-state index in [9.17, 15) is 4.79 Å². The first-order valence-corrected chi connectivity index (χ1v) is 3.55. The van der Waals surface area contributed by atoms with Gasteiger partial charge in [0, 0.05) is 11.4 Å². The summed E-state index contributed by atoms with van der Waals surface area (Å²) < 4.78 is 0. The van der Waals surface area contributed by atoms with Crippen LogP contribution in [0.1, 0.15) is 17.8 Å². The molecule has 0 aliphatic heterocycles. The smallest absolute Gasteiger partial charge is 0.303 e. The molecule has 0 spiro atoms. The van der Waals surface area contributed by atoms with Crippen LogP contribution < -0.4 is 0 Å². The molecule has 0 saturated carbocycles. The predicted molar refractivity (Wildman–Crippen MR) is 41.5 cm³/mol. The number of aliphatic carboxylic acids is 1. The van der Waals surface area contributed by atoms with Gasteiger partial charge in [0.25, 0.3) is 0 Å². The van der Waals surface area contributed by atoms with Crippen molar-refractivity contribution in [1.82, 2.24) is 4.98 Å². The van der Waals surface area contributed by atoms with Crippen molar-refractivity contribution >= 4 is 5.97 Å². The summed E-state index contributed by atoms with van der Waals surface area (Å²) in [5.74, 6) is -0.753. The molecular formula is C8H11NO2. The van der Waals surface area contributed by atoms with Gasteiger partial charge in [-0.15, -0.1) is 0 Å². The molecule has 0 aromatic carbocycles. The van der Waals surface area contributed by atoms with Gasteiger partial charge in [-0.25, -0.2) is 0 Å². The fourth-order valence-electron chi connectivity index (χ4n) is 0.950. The van der Waals surface area contributed by atoms with Gasteiger partial charge in [-0.2, -0.15) is 0 Å². The summed E-state index contributed by atoms with van der Waals surface area (Å²) in [7, 11) is 0. The molecule has 0 fully saturated rings. The largest absolute Gasteiger partial charge is 0.481 e. The maximum atomic E-state index is 10.2. The van der Waals surface area contributed by atoms with E-state index < -0.39 is 5.97 Å². The van der Waals surface area contributed by atoms with Gasteiger partial charge in [0.1, 0.15) is 0 Å². The molecule has 11 heavy (non-hydrogen) atoms. The third kappa shape index (κ3) is 2.45. The number of carboxylic acid groups (broad SMARTS) is 1. The molecule has 0 atom stereocenters. The average Bonchev–Trinajstić information content (AvgIpc) is 2.31. The van der Waals surface area contributed by atoms with Gasteiger partial charge >= 0.3 is 5.97 Å². The molecule has 0 radical (unpaired) electrons. The number of rotatable bonds is 3. The van der Waals surface area contributed by atoms with Crippen LogP contribution in [0.3, 0.4) is 0 Å². The molecule has 60 valence electrons. The van der Waals surface area contributed by atoms with Crippen LogP contribution in [0.4, 0.5) is 0 Å². The van der Waals surface area contributed by atoms with E-state index >= 15 is 0 Å². The molecule has 3 heteroatoms. The molecule has 1 aromatic rings. The Morgan fingerprint density at radius 3 is 2.82 bits per heavy atom. The second-order valence-electron chi connectivity index (χ2n) is 2.56. The summed E-state index contributed by atoms with van der Waals surface area (Å²) in [5.41, 5.74) is 2.07. The molecule has 3 nitrogen and oxygen atoms in total.